The van der Waals surface area contributed by atoms with E-state index in [0.717, 1.165) is 61.6 Å². The molecule has 0 amide bonds. The third-order valence-corrected chi connectivity index (χ3v) is 6.26. The molecular formula is C32H42O4. The second-order valence-corrected chi connectivity index (χ2v) is 9.75. The molecule has 4 nitrogen and oxygen atoms in total. The van der Waals surface area contributed by atoms with Gasteiger partial charge in [-0.05, 0) is 62.1 Å². The van der Waals surface area contributed by atoms with E-state index in [1.54, 1.807) is 6.08 Å². The van der Waals surface area contributed by atoms with E-state index in [4.69, 9.17) is 9.47 Å². The molecule has 0 N–H and O–H groups in total. The van der Waals surface area contributed by atoms with Crippen LogP contribution in [0, 0.1) is 5.92 Å². The Morgan fingerprint density at radius 2 is 1.44 bits per heavy atom. The van der Waals surface area contributed by atoms with Gasteiger partial charge in [-0.1, -0.05) is 105 Å². The van der Waals surface area contributed by atoms with Crippen molar-refractivity contribution in [3.63, 3.8) is 0 Å². The Labute approximate surface area is 217 Å². The maximum atomic E-state index is 12.8. The molecule has 0 aliphatic rings. The molecule has 0 aliphatic heterocycles. The largest absolute Gasteiger partial charge is 0.465 e. The SMILES string of the molecule is CCCC(CCCC[C@@H](C)C/C(C)=C/C(C)=C/C(=O)OC(c1ccccc1)c1ccccc1)OC=O. The van der Waals surface area contributed by atoms with E-state index in [2.05, 4.69) is 26.8 Å². The van der Waals surface area contributed by atoms with Gasteiger partial charge in [-0.2, -0.15) is 0 Å². The zero-order valence-electron chi connectivity index (χ0n) is 22.3. The topological polar surface area (TPSA) is 52.6 Å². The monoisotopic (exact) mass is 490 g/mol. The highest BCUT2D eigenvalue weighted by Crippen LogP contribution is 2.26. The average molecular weight is 491 g/mol. The van der Waals surface area contributed by atoms with Gasteiger partial charge in [-0.3, -0.25) is 4.79 Å². The number of hydrogen-bond acceptors (Lipinski definition) is 4. The lowest BCUT2D eigenvalue weighted by atomic mass is 9.94. The quantitative estimate of drug-likeness (QED) is 0.0783. The lowest BCUT2D eigenvalue weighted by Gasteiger charge is -2.18. The lowest BCUT2D eigenvalue weighted by Crippen LogP contribution is -2.11. The highest BCUT2D eigenvalue weighted by molar-refractivity contribution is 5.83. The molecule has 0 heterocycles. The van der Waals surface area contributed by atoms with Crippen molar-refractivity contribution in [3.05, 3.63) is 95.1 Å². The van der Waals surface area contributed by atoms with Crippen LogP contribution in [0.2, 0.25) is 0 Å². The van der Waals surface area contributed by atoms with E-state index < -0.39 is 6.10 Å². The summed E-state index contributed by atoms with van der Waals surface area (Å²) in [6, 6.07) is 19.6. The Morgan fingerprint density at radius 1 is 0.861 bits per heavy atom. The van der Waals surface area contributed by atoms with Crippen LogP contribution in [0.25, 0.3) is 0 Å². The summed E-state index contributed by atoms with van der Waals surface area (Å²) in [6.45, 7) is 9.01. The first-order valence-electron chi connectivity index (χ1n) is 13.2. The van der Waals surface area contributed by atoms with Crippen molar-refractivity contribution in [1.82, 2.24) is 0 Å². The van der Waals surface area contributed by atoms with E-state index in [1.807, 2.05) is 67.6 Å². The maximum Gasteiger partial charge on any atom is 0.331 e. The number of ether oxygens (including phenoxy) is 2. The summed E-state index contributed by atoms with van der Waals surface area (Å²) in [5.41, 5.74) is 4.03. The fourth-order valence-corrected chi connectivity index (χ4v) is 4.61. The first kappa shape index (κ1) is 29.1. The van der Waals surface area contributed by atoms with Crippen LogP contribution in [0.1, 0.15) is 89.9 Å². The Morgan fingerprint density at radius 3 is 2.00 bits per heavy atom. The van der Waals surface area contributed by atoms with Crippen molar-refractivity contribution < 1.29 is 19.1 Å². The van der Waals surface area contributed by atoms with E-state index in [1.165, 1.54) is 5.57 Å². The van der Waals surface area contributed by atoms with Gasteiger partial charge in [0.1, 0.15) is 6.10 Å². The van der Waals surface area contributed by atoms with Crippen LogP contribution in [0.3, 0.4) is 0 Å². The molecular weight excluding hydrogens is 448 g/mol. The van der Waals surface area contributed by atoms with Gasteiger partial charge in [-0.15, -0.1) is 0 Å². The molecule has 2 aromatic rings. The van der Waals surface area contributed by atoms with E-state index >= 15 is 0 Å². The molecule has 1 unspecified atom stereocenters. The zero-order valence-corrected chi connectivity index (χ0v) is 22.3. The highest BCUT2D eigenvalue weighted by atomic mass is 16.5. The highest BCUT2D eigenvalue weighted by Gasteiger charge is 2.18. The first-order chi connectivity index (χ1) is 17.4. The summed E-state index contributed by atoms with van der Waals surface area (Å²) in [7, 11) is 0. The van der Waals surface area contributed by atoms with Crippen LogP contribution < -0.4 is 0 Å². The molecule has 0 saturated carbocycles. The second-order valence-electron chi connectivity index (χ2n) is 9.75. The molecule has 0 bridgehead atoms. The van der Waals surface area contributed by atoms with Crippen molar-refractivity contribution in [2.75, 3.05) is 0 Å². The summed E-state index contributed by atoms with van der Waals surface area (Å²) in [4.78, 5) is 23.4. The summed E-state index contributed by atoms with van der Waals surface area (Å²) in [6.07, 6.45) is 10.5. The van der Waals surface area contributed by atoms with Gasteiger partial charge in [0.15, 0.2) is 6.10 Å². The molecule has 2 rings (SSSR count). The number of benzene rings is 2. The molecule has 2 aromatic carbocycles. The molecule has 194 valence electrons. The van der Waals surface area contributed by atoms with Gasteiger partial charge in [0.25, 0.3) is 6.47 Å². The van der Waals surface area contributed by atoms with Crippen LogP contribution >= 0.6 is 0 Å². The van der Waals surface area contributed by atoms with Gasteiger partial charge >= 0.3 is 5.97 Å². The number of carbonyl (C=O) groups excluding carboxylic acids is 2. The predicted molar refractivity (Wildman–Crippen MR) is 146 cm³/mol. The molecule has 0 radical (unpaired) electrons. The van der Waals surface area contributed by atoms with Crippen LogP contribution in [0.4, 0.5) is 0 Å². The molecule has 36 heavy (non-hydrogen) atoms. The van der Waals surface area contributed by atoms with E-state index in [9.17, 15) is 9.59 Å². The molecule has 0 saturated heterocycles. The lowest BCUT2D eigenvalue weighted by molar-refractivity contribution is -0.141. The van der Waals surface area contributed by atoms with Gasteiger partial charge < -0.3 is 9.47 Å². The molecule has 0 spiro atoms. The minimum atomic E-state index is -0.442. The van der Waals surface area contributed by atoms with Gasteiger partial charge in [0.05, 0.1) is 0 Å². The van der Waals surface area contributed by atoms with Gasteiger partial charge in [0.2, 0.25) is 0 Å². The smallest absolute Gasteiger partial charge is 0.331 e. The first-order valence-corrected chi connectivity index (χ1v) is 13.2. The second kappa shape index (κ2) is 16.5. The van der Waals surface area contributed by atoms with E-state index in [-0.39, 0.29) is 12.1 Å². The molecule has 2 atom stereocenters. The van der Waals surface area contributed by atoms with Gasteiger partial charge in [0, 0.05) is 6.08 Å². The standard InChI is InChI=1S/C32H42O4/c1-5-14-30(35-24-33)20-13-12-15-25(2)21-26(3)22-27(4)23-31(34)36-32(28-16-8-6-9-17-28)29-18-10-7-11-19-29/h6-11,16-19,22-25,30,32H,5,12-15,20-21H2,1-4H3/b26-22+,27-23+/t25-,30?/m1/s1. The zero-order chi connectivity index (χ0) is 26.2. The van der Waals surface area contributed by atoms with Crippen molar-refractivity contribution in [2.45, 2.75) is 84.8 Å². The minimum Gasteiger partial charge on any atom is -0.465 e. The molecule has 0 fully saturated rings. The summed E-state index contributed by atoms with van der Waals surface area (Å²) in [5.74, 6) is 0.208. The van der Waals surface area contributed by atoms with Crippen LogP contribution in [-0.4, -0.2) is 18.5 Å². The molecule has 0 aromatic heterocycles. The Bertz CT molecular complexity index is 923. The normalized spacial score (nSPS) is 13.8. The van der Waals surface area contributed by atoms with Crippen LogP contribution in [0.5, 0.6) is 0 Å². The fraction of sp³-hybridized carbons (Fsp3) is 0.438. The number of allylic oxidation sites excluding steroid dienone is 3. The number of hydrogen-bond donors (Lipinski definition) is 0. The minimum absolute atomic E-state index is 0.0559. The third kappa shape index (κ3) is 11.1. The van der Waals surface area contributed by atoms with Crippen LogP contribution in [0.15, 0.2) is 84.0 Å². The van der Waals surface area contributed by atoms with Crippen molar-refractivity contribution in [3.8, 4) is 0 Å². The van der Waals surface area contributed by atoms with E-state index in [0.29, 0.717) is 12.4 Å². The molecule has 4 heteroatoms. The van der Waals surface area contributed by atoms with Crippen molar-refractivity contribution in [1.29, 1.82) is 0 Å². The number of esters is 1. The van der Waals surface area contributed by atoms with Gasteiger partial charge in [-0.25, -0.2) is 4.79 Å². The molecule has 0 aliphatic carbocycles. The van der Waals surface area contributed by atoms with Crippen LogP contribution in [-0.2, 0) is 19.1 Å². The third-order valence-electron chi connectivity index (χ3n) is 6.26. The number of carbonyl (C=O) groups is 2. The van der Waals surface area contributed by atoms with Crippen molar-refractivity contribution >= 4 is 12.4 Å². The summed E-state index contributed by atoms with van der Waals surface area (Å²) >= 11 is 0. The summed E-state index contributed by atoms with van der Waals surface area (Å²) < 4.78 is 11.1. The maximum absolute atomic E-state index is 12.8. The predicted octanol–water partition coefficient (Wildman–Crippen LogP) is 8.14. The Hall–Kier alpha value is -3.14. The number of unbranched alkanes of at least 4 members (excludes halogenated alkanes) is 1. The summed E-state index contributed by atoms with van der Waals surface area (Å²) in [5, 5.41) is 0. The number of rotatable bonds is 16. The Kier molecular flexibility index (Phi) is 13.3. The fourth-order valence-electron chi connectivity index (χ4n) is 4.61. The van der Waals surface area contributed by atoms with Crippen molar-refractivity contribution in [2.24, 2.45) is 5.92 Å². The Balaban J connectivity index is 1.88. The average Bonchev–Trinajstić information content (AvgIpc) is 2.86.